The van der Waals surface area contributed by atoms with Gasteiger partial charge in [0.25, 0.3) is 5.91 Å². The molecule has 4 rings (SSSR count). The minimum absolute atomic E-state index is 0.0224. The number of hydrogen-bond acceptors (Lipinski definition) is 5. The average molecular weight is 385 g/mol. The van der Waals surface area contributed by atoms with Crippen LogP contribution in [0, 0.1) is 6.92 Å². The molecule has 1 aliphatic heterocycles. The van der Waals surface area contributed by atoms with E-state index in [0.29, 0.717) is 5.82 Å². The lowest BCUT2D eigenvalue weighted by molar-refractivity contribution is -0.127. The van der Waals surface area contributed by atoms with Crippen molar-refractivity contribution < 1.29 is 4.79 Å². The zero-order valence-electron chi connectivity index (χ0n) is 15.6. The van der Waals surface area contributed by atoms with Gasteiger partial charge in [-0.1, -0.05) is 0 Å². The van der Waals surface area contributed by atoms with Crippen LogP contribution in [0.15, 0.2) is 43.1 Å². The van der Waals surface area contributed by atoms with Crippen LogP contribution >= 0.6 is 11.3 Å². The van der Waals surface area contributed by atoms with Gasteiger partial charge in [-0.3, -0.25) is 14.4 Å². The first-order valence-corrected chi connectivity index (χ1v) is 9.94. The second-order valence-electron chi connectivity index (χ2n) is 7.12. The van der Waals surface area contributed by atoms with E-state index in [4.69, 9.17) is 0 Å². The Morgan fingerprint density at radius 3 is 2.67 bits per heavy atom. The summed E-state index contributed by atoms with van der Waals surface area (Å²) >= 11 is 1.84. The predicted octanol–water partition coefficient (Wildman–Crippen LogP) is 2.62. The molecule has 8 heteroatoms. The fourth-order valence-corrected chi connectivity index (χ4v) is 4.63. The van der Waals surface area contributed by atoms with Crippen molar-refractivity contribution in [3.63, 3.8) is 0 Å². The van der Waals surface area contributed by atoms with Crippen molar-refractivity contribution in [2.24, 2.45) is 7.05 Å². The van der Waals surface area contributed by atoms with E-state index in [1.54, 1.807) is 17.2 Å². The highest BCUT2D eigenvalue weighted by Crippen LogP contribution is 2.32. The van der Waals surface area contributed by atoms with Crippen molar-refractivity contribution in [3.05, 3.63) is 52.9 Å². The molecule has 0 unspecified atom stereocenters. The second kappa shape index (κ2) is 7.28. The summed E-state index contributed by atoms with van der Waals surface area (Å²) in [5, 5.41) is 7.28. The molecule has 0 aromatic carbocycles. The lowest BCUT2D eigenvalue weighted by atomic mass is 9.86. The first-order chi connectivity index (χ1) is 13.0. The summed E-state index contributed by atoms with van der Waals surface area (Å²) in [6.45, 7) is 4.81. The van der Waals surface area contributed by atoms with Gasteiger partial charge in [-0.2, -0.15) is 5.10 Å². The summed E-state index contributed by atoms with van der Waals surface area (Å²) in [6, 6.07) is 6.18. The standard InChI is InChI=1S/C19H24N6OS/c1-15-3-4-16(27-15)13-24-10-6-19(7-11-24,25-12-8-20-14-25)18(26)21-17-5-9-23(2)22-17/h3-5,8-9,12,14H,6-7,10-11,13H2,1-2H3,(H,21,22,26). The number of nitrogens with one attached hydrogen (secondary N) is 1. The molecule has 1 N–H and O–H groups in total. The van der Waals surface area contributed by atoms with E-state index in [1.807, 2.05) is 41.4 Å². The van der Waals surface area contributed by atoms with Crippen molar-refractivity contribution in [1.29, 1.82) is 0 Å². The molecule has 1 aliphatic rings. The summed E-state index contributed by atoms with van der Waals surface area (Å²) in [5.74, 6) is 0.560. The fourth-order valence-electron chi connectivity index (χ4n) is 3.70. The SMILES string of the molecule is Cc1ccc(CN2CCC(C(=O)Nc3ccn(C)n3)(n3ccnc3)CC2)s1. The second-order valence-corrected chi connectivity index (χ2v) is 8.49. The van der Waals surface area contributed by atoms with Gasteiger partial charge in [-0.15, -0.1) is 11.3 Å². The van der Waals surface area contributed by atoms with E-state index >= 15 is 0 Å². The molecule has 1 amide bonds. The van der Waals surface area contributed by atoms with Gasteiger partial charge in [0.15, 0.2) is 5.82 Å². The average Bonchev–Trinajstić information content (AvgIpc) is 3.39. The maximum Gasteiger partial charge on any atom is 0.251 e. The van der Waals surface area contributed by atoms with Crippen molar-refractivity contribution >= 4 is 23.1 Å². The van der Waals surface area contributed by atoms with Crippen LogP contribution in [0.4, 0.5) is 5.82 Å². The zero-order chi connectivity index (χ0) is 18.9. The number of piperidine rings is 1. The Morgan fingerprint density at radius 2 is 2.07 bits per heavy atom. The molecule has 0 bridgehead atoms. The summed E-state index contributed by atoms with van der Waals surface area (Å²) in [4.78, 5) is 22.6. The number of hydrogen-bond donors (Lipinski definition) is 1. The van der Waals surface area contributed by atoms with Crippen LogP contribution in [0.2, 0.25) is 0 Å². The molecule has 0 aliphatic carbocycles. The first kappa shape index (κ1) is 17.9. The van der Waals surface area contributed by atoms with Crippen molar-refractivity contribution in [2.75, 3.05) is 18.4 Å². The number of nitrogens with zero attached hydrogens (tertiary/aromatic N) is 5. The van der Waals surface area contributed by atoms with Crippen LogP contribution in [0.5, 0.6) is 0 Å². The van der Waals surface area contributed by atoms with Gasteiger partial charge in [0.05, 0.1) is 6.33 Å². The Kier molecular flexibility index (Phi) is 4.84. The van der Waals surface area contributed by atoms with E-state index in [-0.39, 0.29) is 5.91 Å². The van der Waals surface area contributed by atoms with Gasteiger partial charge >= 0.3 is 0 Å². The summed E-state index contributed by atoms with van der Waals surface area (Å²) in [5.41, 5.74) is -0.629. The maximum atomic E-state index is 13.2. The number of carbonyl (C=O) groups excluding carboxylic acids is 1. The highest BCUT2D eigenvalue weighted by molar-refractivity contribution is 7.11. The molecule has 0 atom stereocenters. The Bertz CT molecular complexity index is 904. The van der Waals surface area contributed by atoms with Crippen LogP contribution in [-0.4, -0.2) is 43.2 Å². The number of imidazole rings is 1. The normalized spacial score (nSPS) is 17.1. The minimum Gasteiger partial charge on any atom is -0.322 e. The van der Waals surface area contributed by atoms with Crippen LogP contribution in [0.1, 0.15) is 22.6 Å². The number of amides is 1. The maximum absolute atomic E-state index is 13.2. The summed E-state index contributed by atoms with van der Waals surface area (Å²) in [6.07, 6.45) is 8.67. The van der Waals surface area contributed by atoms with Crippen LogP contribution in [-0.2, 0) is 23.9 Å². The Morgan fingerprint density at radius 1 is 1.26 bits per heavy atom. The monoisotopic (exact) mass is 384 g/mol. The summed E-state index contributed by atoms with van der Waals surface area (Å²) in [7, 11) is 1.84. The molecule has 3 aromatic heterocycles. The molecule has 3 aromatic rings. The third-order valence-electron chi connectivity index (χ3n) is 5.24. The molecule has 7 nitrogen and oxygen atoms in total. The van der Waals surface area contributed by atoms with Gasteiger partial charge < -0.3 is 9.88 Å². The Hall–Kier alpha value is -2.45. The highest BCUT2D eigenvalue weighted by atomic mass is 32.1. The number of rotatable bonds is 5. The number of anilines is 1. The van der Waals surface area contributed by atoms with E-state index in [2.05, 4.69) is 39.4 Å². The van der Waals surface area contributed by atoms with Gasteiger partial charge in [0.2, 0.25) is 0 Å². The lowest BCUT2D eigenvalue weighted by Gasteiger charge is -2.41. The number of aromatic nitrogens is 4. The number of carbonyl (C=O) groups is 1. The third-order valence-corrected chi connectivity index (χ3v) is 6.22. The largest absolute Gasteiger partial charge is 0.322 e. The molecule has 1 saturated heterocycles. The van der Waals surface area contributed by atoms with Crippen LogP contribution in [0.3, 0.4) is 0 Å². The third kappa shape index (κ3) is 3.68. The molecule has 27 heavy (non-hydrogen) atoms. The topological polar surface area (TPSA) is 68.0 Å². The highest BCUT2D eigenvalue weighted by Gasteiger charge is 2.43. The van der Waals surface area contributed by atoms with Crippen molar-refractivity contribution in [1.82, 2.24) is 24.2 Å². The number of likely N-dealkylation sites (tertiary alicyclic amines) is 1. The predicted molar refractivity (Wildman–Crippen MR) is 106 cm³/mol. The molecular formula is C19H24N6OS. The van der Waals surface area contributed by atoms with Gasteiger partial charge in [0, 0.05) is 61.1 Å². The van der Waals surface area contributed by atoms with Crippen molar-refractivity contribution in [2.45, 2.75) is 31.8 Å². The van der Waals surface area contributed by atoms with E-state index < -0.39 is 5.54 Å². The molecule has 0 spiro atoms. The van der Waals surface area contributed by atoms with Crippen LogP contribution in [0.25, 0.3) is 0 Å². The summed E-state index contributed by atoms with van der Waals surface area (Å²) < 4.78 is 3.64. The molecule has 1 fully saturated rings. The molecule has 0 saturated carbocycles. The van der Waals surface area contributed by atoms with Gasteiger partial charge in [-0.25, -0.2) is 4.98 Å². The molecule has 142 valence electrons. The minimum atomic E-state index is -0.629. The molecule has 0 radical (unpaired) electrons. The fraction of sp³-hybridized carbons (Fsp3) is 0.421. The Labute approximate surface area is 162 Å². The van der Waals surface area contributed by atoms with Crippen molar-refractivity contribution in [3.8, 4) is 0 Å². The smallest absolute Gasteiger partial charge is 0.251 e. The number of aryl methyl sites for hydroxylation is 2. The Balaban J connectivity index is 1.50. The zero-order valence-corrected chi connectivity index (χ0v) is 16.4. The van der Waals surface area contributed by atoms with E-state index in [1.165, 1.54) is 9.75 Å². The molecular weight excluding hydrogens is 360 g/mol. The van der Waals surface area contributed by atoms with Gasteiger partial charge in [-0.05, 0) is 31.9 Å². The lowest BCUT2D eigenvalue weighted by Crippen LogP contribution is -2.52. The van der Waals surface area contributed by atoms with Gasteiger partial charge in [0.1, 0.15) is 5.54 Å². The number of thiophene rings is 1. The van der Waals surface area contributed by atoms with E-state index in [0.717, 1.165) is 32.5 Å². The molecule has 4 heterocycles. The van der Waals surface area contributed by atoms with Crippen LogP contribution < -0.4 is 5.32 Å². The quantitative estimate of drug-likeness (QED) is 0.734. The first-order valence-electron chi connectivity index (χ1n) is 9.12. The van der Waals surface area contributed by atoms with E-state index in [9.17, 15) is 4.79 Å².